The highest BCUT2D eigenvalue weighted by molar-refractivity contribution is 5.76. The van der Waals surface area contributed by atoms with E-state index in [0.717, 1.165) is 11.1 Å². The van der Waals surface area contributed by atoms with Crippen LogP contribution in [0.3, 0.4) is 0 Å². The number of carbonyl (C=O) groups excluding carboxylic acids is 2. The molecule has 2 N–H and O–H groups in total. The molecule has 0 aromatic heterocycles. The summed E-state index contributed by atoms with van der Waals surface area (Å²) in [6, 6.07) is 0. The van der Waals surface area contributed by atoms with Crippen molar-refractivity contribution < 1.29 is 34.3 Å². The van der Waals surface area contributed by atoms with Crippen molar-refractivity contribution in [1.82, 2.24) is 0 Å². The van der Waals surface area contributed by atoms with E-state index in [1.54, 1.807) is 13.8 Å². The average Bonchev–Trinajstić information content (AvgIpc) is 2.92. The van der Waals surface area contributed by atoms with Gasteiger partial charge in [0.05, 0.1) is 17.4 Å². The van der Waals surface area contributed by atoms with Gasteiger partial charge in [-0.15, -0.1) is 0 Å². The molecule has 134 valence electrons. The Bertz CT molecular complexity index is 594. The van der Waals surface area contributed by atoms with Crippen LogP contribution >= 0.6 is 0 Å². The Balaban J connectivity index is 2.10. The zero-order valence-electron chi connectivity index (χ0n) is 14.3. The molecule has 24 heavy (non-hydrogen) atoms. The molecular weight excluding hydrogens is 316 g/mol. The summed E-state index contributed by atoms with van der Waals surface area (Å²) in [5, 5.41) is 20.2. The van der Waals surface area contributed by atoms with Gasteiger partial charge >= 0.3 is 11.9 Å². The van der Waals surface area contributed by atoms with Gasteiger partial charge in [0.2, 0.25) is 0 Å². The van der Waals surface area contributed by atoms with Crippen molar-refractivity contribution in [2.24, 2.45) is 17.8 Å². The summed E-state index contributed by atoms with van der Waals surface area (Å²) in [6.45, 7) is 6.57. The molecule has 7 nitrogen and oxygen atoms in total. The van der Waals surface area contributed by atoms with E-state index in [2.05, 4.69) is 4.89 Å². The second kappa shape index (κ2) is 5.82. The molecule has 0 radical (unpaired) electrons. The first-order valence-electron chi connectivity index (χ1n) is 8.28. The fourth-order valence-corrected chi connectivity index (χ4v) is 4.65. The molecule has 7 atom stereocenters. The molecule has 3 aliphatic rings. The van der Waals surface area contributed by atoms with Gasteiger partial charge in [-0.25, -0.2) is 4.89 Å². The van der Waals surface area contributed by atoms with Crippen LogP contribution in [-0.4, -0.2) is 46.2 Å². The van der Waals surface area contributed by atoms with Crippen molar-refractivity contribution in [3.8, 4) is 0 Å². The SMILES string of the molecule is CC(=O)O[C@H]1C[C@@](C)(O)[C@@H]2C[C@@H](OO)C(C)=C2[C@H]2OC(=O)[C@@H](C)[C@@H]12. The summed E-state index contributed by atoms with van der Waals surface area (Å²) in [5.74, 6) is -1.92. The van der Waals surface area contributed by atoms with E-state index < -0.39 is 35.8 Å². The van der Waals surface area contributed by atoms with Crippen molar-refractivity contribution in [2.75, 3.05) is 0 Å². The molecule has 0 unspecified atom stereocenters. The Morgan fingerprint density at radius 2 is 2.08 bits per heavy atom. The van der Waals surface area contributed by atoms with Crippen molar-refractivity contribution in [3.05, 3.63) is 11.1 Å². The largest absolute Gasteiger partial charge is 0.462 e. The quantitative estimate of drug-likeness (QED) is 0.339. The van der Waals surface area contributed by atoms with Crippen LogP contribution < -0.4 is 0 Å². The number of fused-ring (bicyclic) bond motifs is 3. The first-order valence-corrected chi connectivity index (χ1v) is 8.28. The lowest BCUT2D eigenvalue weighted by Gasteiger charge is -2.32. The van der Waals surface area contributed by atoms with E-state index in [1.807, 2.05) is 6.92 Å². The third-order valence-electron chi connectivity index (χ3n) is 5.85. The molecule has 0 bridgehead atoms. The minimum atomic E-state index is -1.17. The third-order valence-corrected chi connectivity index (χ3v) is 5.85. The minimum Gasteiger partial charge on any atom is -0.462 e. The number of hydrogen-bond acceptors (Lipinski definition) is 7. The van der Waals surface area contributed by atoms with Crippen molar-refractivity contribution >= 4 is 11.9 Å². The van der Waals surface area contributed by atoms with Gasteiger partial charge in [-0.05, 0) is 31.4 Å². The lowest BCUT2D eigenvalue weighted by molar-refractivity contribution is -0.270. The zero-order valence-corrected chi connectivity index (χ0v) is 14.3. The predicted octanol–water partition coefficient (Wildman–Crippen LogP) is 1.45. The van der Waals surface area contributed by atoms with Crippen LogP contribution in [0.2, 0.25) is 0 Å². The Labute approximate surface area is 140 Å². The van der Waals surface area contributed by atoms with Gasteiger partial charge in [0.25, 0.3) is 0 Å². The van der Waals surface area contributed by atoms with E-state index in [1.165, 1.54) is 6.92 Å². The number of carbonyl (C=O) groups is 2. The van der Waals surface area contributed by atoms with Gasteiger partial charge in [-0.2, -0.15) is 0 Å². The second-order valence-corrected chi connectivity index (χ2v) is 7.45. The average molecular weight is 340 g/mol. The smallest absolute Gasteiger partial charge is 0.309 e. The maximum absolute atomic E-state index is 12.2. The van der Waals surface area contributed by atoms with Crippen molar-refractivity contribution in [1.29, 1.82) is 0 Å². The molecule has 1 aliphatic heterocycles. The van der Waals surface area contributed by atoms with Gasteiger partial charge in [0, 0.05) is 19.3 Å². The molecule has 1 saturated carbocycles. The highest BCUT2D eigenvalue weighted by Gasteiger charge is 2.59. The summed E-state index contributed by atoms with van der Waals surface area (Å²) in [4.78, 5) is 28.2. The van der Waals surface area contributed by atoms with Crippen LogP contribution in [0.1, 0.15) is 40.5 Å². The lowest BCUT2D eigenvalue weighted by Crippen LogP contribution is -2.40. The maximum Gasteiger partial charge on any atom is 0.309 e. The molecule has 7 heteroatoms. The molecule has 2 fully saturated rings. The number of aliphatic hydroxyl groups is 1. The Kier molecular flexibility index (Phi) is 4.22. The fraction of sp³-hybridized carbons (Fsp3) is 0.765. The van der Waals surface area contributed by atoms with Crippen LogP contribution in [-0.2, 0) is 24.0 Å². The summed E-state index contributed by atoms with van der Waals surface area (Å²) in [7, 11) is 0. The Morgan fingerprint density at radius 1 is 1.42 bits per heavy atom. The molecular formula is C17H24O7. The third kappa shape index (κ3) is 2.55. The summed E-state index contributed by atoms with van der Waals surface area (Å²) in [5.41, 5.74) is 0.389. The first kappa shape index (κ1) is 17.4. The second-order valence-electron chi connectivity index (χ2n) is 7.45. The molecule has 0 aromatic rings. The highest BCUT2D eigenvalue weighted by Crippen LogP contribution is 2.52. The van der Waals surface area contributed by atoms with Crippen LogP contribution in [0, 0.1) is 17.8 Å². The molecule has 1 saturated heterocycles. The van der Waals surface area contributed by atoms with Crippen LogP contribution in [0.25, 0.3) is 0 Å². The topological polar surface area (TPSA) is 102 Å². The summed E-state index contributed by atoms with van der Waals surface area (Å²) >= 11 is 0. The van der Waals surface area contributed by atoms with E-state index in [-0.39, 0.29) is 24.2 Å². The monoisotopic (exact) mass is 340 g/mol. The molecule has 2 aliphatic carbocycles. The van der Waals surface area contributed by atoms with E-state index >= 15 is 0 Å². The molecule has 3 rings (SSSR count). The number of ether oxygens (including phenoxy) is 2. The standard InChI is InChI=1S/C17H24O7/c1-7-11(24-21)5-10-13(7)15-14(8(2)16(19)23-15)12(22-9(3)18)6-17(10,4)20/h8,10-12,14-15,20-21H,5-6H2,1-4H3/t8-,10+,11+,12-,14-,15+,17+/m0/s1. The molecule has 1 heterocycles. The van der Waals surface area contributed by atoms with E-state index in [9.17, 15) is 14.7 Å². The van der Waals surface area contributed by atoms with Crippen molar-refractivity contribution in [3.63, 3.8) is 0 Å². The number of hydrogen-bond donors (Lipinski definition) is 2. The Hall–Kier alpha value is -1.44. The lowest BCUT2D eigenvalue weighted by atomic mass is 9.81. The van der Waals surface area contributed by atoms with Crippen LogP contribution in [0.4, 0.5) is 0 Å². The summed E-state index contributed by atoms with van der Waals surface area (Å²) in [6.07, 6.45) is -1.11. The van der Waals surface area contributed by atoms with Gasteiger partial charge in [-0.1, -0.05) is 6.92 Å². The molecule has 0 spiro atoms. The summed E-state index contributed by atoms with van der Waals surface area (Å²) < 4.78 is 11.1. The van der Waals surface area contributed by atoms with E-state index in [4.69, 9.17) is 14.7 Å². The Morgan fingerprint density at radius 3 is 2.67 bits per heavy atom. The van der Waals surface area contributed by atoms with Gasteiger partial charge in [0.1, 0.15) is 18.3 Å². The predicted molar refractivity (Wildman–Crippen MR) is 81.6 cm³/mol. The number of esters is 2. The van der Waals surface area contributed by atoms with Gasteiger partial charge in [0.15, 0.2) is 0 Å². The first-order chi connectivity index (χ1) is 11.2. The van der Waals surface area contributed by atoms with Gasteiger partial charge < -0.3 is 14.6 Å². The van der Waals surface area contributed by atoms with Crippen LogP contribution in [0.5, 0.6) is 0 Å². The van der Waals surface area contributed by atoms with Crippen molar-refractivity contribution in [2.45, 2.75) is 64.4 Å². The minimum absolute atomic E-state index is 0.203. The molecule has 0 amide bonds. The van der Waals surface area contributed by atoms with Crippen LogP contribution in [0.15, 0.2) is 11.1 Å². The number of rotatable bonds is 2. The van der Waals surface area contributed by atoms with E-state index in [0.29, 0.717) is 6.42 Å². The van der Waals surface area contributed by atoms with Gasteiger partial charge in [-0.3, -0.25) is 14.8 Å². The normalized spacial score (nSPS) is 44.7. The molecule has 0 aromatic carbocycles. The highest BCUT2D eigenvalue weighted by atomic mass is 17.1. The zero-order chi connectivity index (χ0) is 17.8. The fourth-order valence-electron chi connectivity index (χ4n) is 4.65. The maximum atomic E-state index is 12.2.